The third kappa shape index (κ3) is 4.08. The molecule has 0 unspecified atom stereocenters. The molecule has 2 fully saturated rings. The second kappa shape index (κ2) is 6.49. The van der Waals surface area contributed by atoms with Crippen LogP contribution in [0.15, 0.2) is 0 Å². The van der Waals surface area contributed by atoms with Crippen molar-refractivity contribution in [2.24, 2.45) is 11.8 Å². The summed E-state index contributed by atoms with van der Waals surface area (Å²) >= 11 is 0. The van der Waals surface area contributed by atoms with Crippen LogP contribution < -0.4 is 0 Å². The van der Waals surface area contributed by atoms with E-state index in [4.69, 9.17) is 9.16 Å². The quantitative estimate of drug-likeness (QED) is 0.683. The lowest BCUT2D eigenvalue weighted by molar-refractivity contribution is 0.0256. The third-order valence-electron chi connectivity index (χ3n) is 5.92. The van der Waals surface area contributed by atoms with Gasteiger partial charge < -0.3 is 9.16 Å². The van der Waals surface area contributed by atoms with E-state index in [9.17, 15) is 0 Å². The lowest BCUT2D eigenvalue weighted by Gasteiger charge is -2.42. The number of rotatable bonds is 3. The van der Waals surface area contributed by atoms with Crippen LogP contribution in [0, 0.1) is 11.8 Å². The largest absolute Gasteiger partial charge is 0.414 e. The van der Waals surface area contributed by atoms with Crippen molar-refractivity contribution in [1.29, 1.82) is 0 Å². The molecule has 0 radical (unpaired) electrons. The van der Waals surface area contributed by atoms with Crippen LogP contribution in [0.2, 0.25) is 18.1 Å². The Kier molecular flexibility index (Phi) is 5.36. The SMILES string of the molecule is CC(C)(C)[Si](C)(C)O[C@H]1CC[C@@H](C2CCOCC2)CC1. The maximum absolute atomic E-state index is 6.59. The zero-order chi connectivity index (χ0) is 14.8. The number of hydrogen-bond donors (Lipinski definition) is 0. The molecule has 0 spiro atoms. The number of hydrogen-bond acceptors (Lipinski definition) is 2. The van der Waals surface area contributed by atoms with Gasteiger partial charge in [-0.25, -0.2) is 0 Å². The normalized spacial score (nSPS) is 30.4. The highest BCUT2D eigenvalue weighted by atomic mass is 28.4. The molecule has 2 aliphatic rings. The van der Waals surface area contributed by atoms with Crippen molar-refractivity contribution in [3.8, 4) is 0 Å². The lowest BCUT2D eigenvalue weighted by Crippen LogP contribution is -2.45. The molecule has 1 aliphatic heterocycles. The molecule has 0 aromatic carbocycles. The topological polar surface area (TPSA) is 18.5 Å². The maximum atomic E-state index is 6.59. The van der Waals surface area contributed by atoms with Crippen LogP contribution >= 0.6 is 0 Å². The van der Waals surface area contributed by atoms with Crippen LogP contribution in [0.5, 0.6) is 0 Å². The van der Waals surface area contributed by atoms with Gasteiger partial charge in [-0.1, -0.05) is 20.8 Å². The summed E-state index contributed by atoms with van der Waals surface area (Å²) in [4.78, 5) is 0. The summed E-state index contributed by atoms with van der Waals surface area (Å²) in [5.41, 5.74) is 0. The van der Waals surface area contributed by atoms with Crippen LogP contribution in [0.3, 0.4) is 0 Å². The molecule has 1 heterocycles. The lowest BCUT2D eigenvalue weighted by atomic mass is 9.76. The second-order valence-corrected chi connectivity index (χ2v) is 13.1. The summed E-state index contributed by atoms with van der Waals surface area (Å²) in [5, 5.41) is 0.338. The standard InChI is InChI=1S/C17H34O2Si/c1-17(2,3)20(4,5)19-16-8-6-14(7-9-16)15-10-12-18-13-11-15/h14-16H,6-13H2,1-5H3/t14-,16+. The summed E-state index contributed by atoms with van der Waals surface area (Å²) in [7, 11) is -1.57. The molecule has 0 amide bonds. The van der Waals surface area contributed by atoms with Crippen LogP contribution in [-0.2, 0) is 9.16 Å². The minimum atomic E-state index is -1.57. The molecule has 3 heteroatoms. The van der Waals surface area contributed by atoms with Gasteiger partial charge in [0.05, 0.1) is 0 Å². The Labute approximate surface area is 126 Å². The monoisotopic (exact) mass is 298 g/mol. The maximum Gasteiger partial charge on any atom is 0.192 e. The predicted molar refractivity (Wildman–Crippen MR) is 87.6 cm³/mol. The van der Waals surface area contributed by atoms with Crippen molar-refractivity contribution < 1.29 is 9.16 Å². The summed E-state index contributed by atoms with van der Waals surface area (Å²) in [6.07, 6.45) is 8.44. The van der Waals surface area contributed by atoms with E-state index in [0.717, 1.165) is 25.0 Å². The van der Waals surface area contributed by atoms with Gasteiger partial charge in [-0.05, 0) is 68.5 Å². The molecule has 0 aromatic rings. The highest BCUT2D eigenvalue weighted by molar-refractivity contribution is 6.74. The Bertz CT molecular complexity index is 295. The minimum Gasteiger partial charge on any atom is -0.414 e. The Morgan fingerprint density at radius 3 is 1.85 bits per heavy atom. The second-order valence-electron chi connectivity index (χ2n) is 8.36. The highest BCUT2D eigenvalue weighted by Gasteiger charge is 2.40. The van der Waals surface area contributed by atoms with E-state index in [0.29, 0.717) is 11.1 Å². The van der Waals surface area contributed by atoms with E-state index in [1.54, 1.807) is 0 Å². The fraction of sp³-hybridized carbons (Fsp3) is 1.00. The molecule has 0 atom stereocenters. The van der Waals surface area contributed by atoms with Gasteiger partial charge in [0.25, 0.3) is 0 Å². The predicted octanol–water partition coefficient (Wildman–Crippen LogP) is 4.99. The van der Waals surface area contributed by atoms with E-state index < -0.39 is 8.32 Å². The first-order valence-corrected chi connectivity index (χ1v) is 11.5. The fourth-order valence-corrected chi connectivity index (χ4v) is 4.88. The van der Waals surface area contributed by atoms with E-state index in [-0.39, 0.29) is 0 Å². The van der Waals surface area contributed by atoms with E-state index in [2.05, 4.69) is 33.9 Å². The fourth-order valence-electron chi connectivity index (χ4n) is 3.46. The third-order valence-corrected chi connectivity index (χ3v) is 10.5. The first kappa shape index (κ1) is 16.5. The number of ether oxygens (including phenoxy) is 1. The van der Waals surface area contributed by atoms with Crippen LogP contribution in [0.4, 0.5) is 0 Å². The summed E-state index contributed by atoms with van der Waals surface area (Å²) in [6, 6.07) is 0. The van der Waals surface area contributed by atoms with Gasteiger partial charge in [0, 0.05) is 19.3 Å². The van der Waals surface area contributed by atoms with Crippen molar-refractivity contribution in [3.63, 3.8) is 0 Å². The van der Waals surface area contributed by atoms with Gasteiger partial charge in [0.2, 0.25) is 0 Å². The van der Waals surface area contributed by atoms with E-state index >= 15 is 0 Å². The summed E-state index contributed by atoms with van der Waals surface area (Å²) < 4.78 is 12.1. The Hall–Kier alpha value is 0.137. The molecule has 1 saturated carbocycles. The Morgan fingerprint density at radius 1 is 0.850 bits per heavy atom. The zero-order valence-corrected chi connectivity index (χ0v) is 15.2. The average Bonchev–Trinajstić information content (AvgIpc) is 2.39. The van der Waals surface area contributed by atoms with Crippen molar-refractivity contribution in [1.82, 2.24) is 0 Å². The molecular formula is C17H34O2Si. The van der Waals surface area contributed by atoms with Crippen molar-refractivity contribution in [2.75, 3.05) is 13.2 Å². The van der Waals surface area contributed by atoms with Crippen LogP contribution in [0.1, 0.15) is 59.3 Å². The Morgan fingerprint density at radius 2 is 1.35 bits per heavy atom. The molecule has 1 saturated heterocycles. The highest BCUT2D eigenvalue weighted by Crippen LogP contribution is 2.41. The molecule has 0 bridgehead atoms. The van der Waals surface area contributed by atoms with Gasteiger partial charge in [0.1, 0.15) is 0 Å². The summed E-state index contributed by atoms with van der Waals surface area (Å²) in [5.74, 6) is 1.87. The molecule has 0 aromatic heterocycles. The smallest absolute Gasteiger partial charge is 0.192 e. The van der Waals surface area contributed by atoms with Gasteiger partial charge in [-0.15, -0.1) is 0 Å². The summed E-state index contributed by atoms with van der Waals surface area (Å²) in [6.45, 7) is 13.8. The Balaban J connectivity index is 1.79. The molecule has 0 N–H and O–H groups in total. The molecule has 2 rings (SSSR count). The first-order valence-electron chi connectivity index (χ1n) is 8.55. The van der Waals surface area contributed by atoms with Gasteiger partial charge in [0.15, 0.2) is 8.32 Å². The van der Waals surface area contributed by atoms with Gasteiger partial charge >= 0.3 is 0 Å². The van der Waals surface area contributed by atoms with Crippen molar-refractivity contribution in [3.05, 3.63) is 0 Å². The molecule has 2 nitrogen and oxygen atoms in total. The molecule has 1 aliphatic carbocycles. The van der Waals surface area contributed by atoms with Crippen molar-refractivity contribution >= 4 is 8.32 Å². The average molecular weight is 299 g/mol. The molecule has 20 heavy (non-hydrogen) atoms. The first-order chi connectivity index (χ1) is 9.29. The zero-order valence-electron chi connectivity index (χ0n) is 14.2. The minimum absolute atomic E-state index is 0.338. The molecule has 118 valence electrons. The van der Waals surface area contributed by atoms with Gasteiger partial charge in [-0.3, -0.25) is 0 Å². The van der Waals surface area contributed by atoms with E-state index in [1.807, 2.05) is 0 Å². The van der Waals surface area contributed by atoms with Crippen LogP contribution in [0.25, 0.3) is 0 Å². The van der Waals surface area contributed by atoms with Crippen LogP contribution in [-0.4, -0.2) is 27.6 Å². The van der Waals surface area contributed by atoms with Crippen molar-refractivity contribution in [2.45, 2.75) is 83.5 Å². The molecular weight excluding hydrogens is 264 g/mol. The van der Waals surface area contributed by atoms with E-state index in [1.165, 1.54) is 38.5 Å². The van der Waals surface area contributed by atoms with Gasteiger partial charge in [-0.2, -0.15) is 0 Å².